The first-order valence-electron chi connectivity index (χ1n) is 9.78. The number of likely N-dealkylation sites (tertiary alicyclic amines) is 1. The smallest absolute Gasteiger partial charge is 0.271 e. The van der Waals surface area contributed by atoms with Crippen LogP contribution < -0.4 is 5.32 Å². The Morgan fingerprint density at radius 3 is 2.31 bits per heavy atom. The number of nitrogens with one attached hydrogen (secondary N) is 1. The van der Waals surface area contributed by atoms with Crippen molar-refractivity contribution in [2.24, 2.45) is 17.8 Å². The zero-order valence-corrected chi connectivity index (χ0v) is 16.8. The van der Waals surface area contributed by atoms with Gasteiger partial charge in [-0.2, -0.15) is 0 Å². The average molecular weight is 399 g/mol. The lowest BCUT2D eigenvalue weighted by Gasteiger charge is -2.27. The maximum atomic E-state index is 13.1. The summed E-state index contributed by atoms with van der Waals surface area (Å²) in [5.41, 5.74) is 0.817. The number of rotatable bonds is 6. The van der Waals surface area contributed by atoms with Crippen molar-refractivity contribution in [2.45, 2.75) is 46.1 Å². The first kappa shape index (κ1) is 20.7. The van der Waals surface area contributed by atoms with Gasteiger partial charge in [-0.15, -0.1) is 0 Å². The van der Waals surface area contributed by atoms with Crippen molar-refractivity contribution in [3.05, 3.63) is 46.0 Å². The van der Waals surface area contributed by atoms with Gasteiger partial charge >= 0.3 is 0 Å². The van der Waals surface area contributed by atoms with Crippen LogP contribution in [-0.4, -0.2) is 33.6 Å². The normalized spacial score (nSPS) is 22.0. The van der Waals surface area contributed by atoms with Crippen LogP contribution in [0.3, 0.4) is 0 Å². The lowest BCUT2D eigenvalue weighted by molar-refractivity contribution is -0.384. The van der Waals surface area contributed by atoms with Gasteiger partial charge in [0.15, 0.2) is 0 Å². The minimum absolute atomic E-state index is 0.0679. The molecular weight excluding hydrogens is 374 g/mol. The van der Waals surface area contributed by atoms with Gasteiger partial charge in [0.05, 0.1) is 22.4 Å². The first-order valence-corrected chi connectivity index (χ1v) is 9.78. The van der Waals surface area contributed by atoms with E-state index in [2.05, 4.69) is 5.32 Å². The average Bonchev–Trinajstić information content (AvgIpc) is 2.92. The number of allylic oxidation sites excluding steroid dienone is 2. The van der Waals surface area contributed by atoms with Crippen molar-refractivity contribution in [3.63, 3.8) is 0 Å². The number of imide groups is 1. The van der Waals surface area contributed by atoms with Gasteiger partial charge in [-0.1, -0.05) is 32.1 Å². The largest absolute Gasteiger partial charge is 0.324 e. The highest BCUT2D eigenvalue weighted by Crippen LogP contribution is 2.37. The summed E-state index contributed by atoms with van der Waals surface area (Å²) in [6.45, 7) is 5.56. The molecule has 8 nitrogen and oxygen atoms in total. The summed E-state index contributed by atoms with van der Waals surface area (Å²) in [5, 5.41) is 13.8. The van der Waals surface area contributed by atoms with E-state index in [0.717, 1.165) is 4.90 Å². The third-order valence-electron chi connectivity index (χ3n) is 5.54. The maximum Gasteiger partial charge on any atom is 0.271 e. The Labute approximate surface area is 169 Å². The number of benzene rings is 1. The fraction of sp³-hybridized carbons (Fsp3) is 0.476. The number of hydrogen-bond donors (Lipinski definition) is 1. The molecule has 1 aliphatic carbocycles. The molecule has 0 saturated carbocycles. The lowest BCUT2D eigenvalue weighted by Crippen LogP contribution is -2.48. The van der Waals surface area contributed by atoms with Crippen LogP contribution in [0, 0.1) is 34.8 Å². The summed E-state index contributed by atoms with van der Waals surface area (Å²) in [5.74, 6) is -1.86. The van der Waals surface area contributed by atoms with E-state index in [0.29, 0.717) is 30.5 Å². The summed E-state index contributed by atoms with van der Waals surface area (Å²) < 4.78 is 0. The number of non-ortho nitro benzene ring substituents is 1. The number of aryl methyl sites for hydroxylation is 1. The predicted molar refractivity (Wildman–Crippen MR) is 107 cm³/mol. The van der Waals surface area contributed by atoms with E-state index in [9.17, 15) is 24.5 Å². The number of nitro groups is 1. The van der Waals surface area contributed by atoms with Crippen molar-refractivity contribution in [1.29, 1.82) is 0 Å². The zero-order chi connectivity index (χ0) is 21.3. The van der Waals surface area contributed by atoms with Gasteiger partial charge in [-0.05, 0) is 37.7 Å². The number of nitro benzene ring substituents is 1. The fourth-order valence-electron chi connectivity index (χ4n) is 3.98. The molecular formula is C21H25N3O5. The number of nitrogens with zero attached hydrogens (tertiary/aromatic N) is 2. The van der Waals surface area contributed by atoms with E-state index >= 15 is 0 Å². The number of fused-ring (bicyclic) bond motifs is 1. The van der Waals surface area contributed by atoms with Crippen LogP contribution in [-0.2, 0) is 14.4 Å². The van der Waals surface area contributed by atoms with Crippen molar-refractivity contribution in [1.82, 2.24) is 4.90 Å². The molecule has 2 aliphatic rings. The van der Waals surface area contributed by atoms with Crippen molar-refractivity contribution in [3.8, 4) is 0 Å². The molecule has 0 bridgehead atoms. The van der Waals surface area contributed by atoms with Crippen LogP contribution in [0.5, 0.6) is 0 Å². The Hall–Kier alpha value is -3.03. The maximum absolute atomic E-state index is 13.1. The van der Waals surface area contributed by atoms with E-state index in [-0.39, 0.29) is 23.4 Å². The van der Waals surface area contributed by atoms with E-state index in [4.69, 9.17) is 0 Å². The Morgan fingerprint density at radius 2 is 1.79 bits per heavy atom. The van der Waals surface area contributed by atoms with Gasteiger partial charge in [0, 0.05) is 12.1 Å². The number of carbonyl (C=O) groups is 3. The molecule has 8 heteroatoms. The Morgan fingerprint density at radius 1 is 1.21 bits per heavy atom. The summed E-state index contributed by atoms with van der Waals surface area (Å²) in [7, 11) is 0. The van der Waals surface area contributed by atoms with Crippen molar-refractivity contribution >= 4 is 29.1 Å². The molecule has 0 spiro atoms. The molecule has 1 aromatic carbocycles. The lowest BCUT2D eigenvalue weighted by atomic mass is 9.85. The molecule has 1 aromatic rings. The highest BCUT2D eigenvalue weighted by atomic mass is 16.6. The second kappa shape index (κ2) is 8.14. The van der Waals surface area contributed by atoms with Gasteiger partial charge in [-0.25, -0.2) is 0 Å². The molecule has 1 N–H and O–H groups in total. The van der Waals surface area contributed by atoms with E-state index in [1.165, 1.54) is 12.1 Å². The van der Waals surface area contributed by atoms with Crippen LogP contribution in [0.25, 0.3) is 0 Å². The monoisotopic (exact) mass is 399 g/mol. The summed E-state index contributed by atoms with van der Waals surface area (Å²) >= 11 is 0. The Kier molecular flexibility index (Phi) is 5.81. The fourth-order valence-corrected chi connectivity index (χ4v) is 3.98. The molecule has 1 aliphatic heterocycles. The van der Waals surface area contributed by atoms with E-state index in [1.807, 2.05) is 26.0 Å². The number of hydrogen-bond acceptors (Lipinski definition) is 5. The summed E-state index contributed by atoms with van der Waals surface area (Å²) in [4.78, 5) is 50.7. The highest BCUT2D eigenvalue weighted by Gasteiger charge is 2.51. The van der Waals surface area contributed by atoms with Crippen molar-refractivity contribution in [2.75, 3.05) is 5.32 Å². The molecule has 3 rings (SSSR count). The van der Waals surface area contributed by atoms with E-state index in [1.54, 1.807) is 13.0 Å². The van der Waals surface area contributed by atoms with Crippen LogP contribution in [0.2, 0.25) is 0 Å². The van der Waals surface area contributed by atoms with Gasteiger partial charge in [-0.3, -0.25) is 29.4 Å². The Balaban J connectivity index is 1.89. The second-order valence-corrected chi connectivity index (χ2v) is 8.09. The Bertz CT molecular complexity index is 866. The number of anilines is 1. The SMILES string of the molecule is Cc1ccc([N+](=O)[O-])cc1NC(=O)C(CC(C)C)N1C(=O)C2CC=CCC2C1=O. The molecule has 3 atom stereocenters. The van der Waals surface area contributed by atoms with Crippen LogP contribution in [0.15, 0.2) is 30.4 Å². The highest BCUT2D eigenvalue weighted by molar-refractivity contribution is 6.10. The number of amides is 3. The molecule has 3 amide bonds. The predicted octanol–water partition coefficient (Wildman–Crippen LogP) is 3.21. The number of carbonyl (C=O) groups excluding carboxylic acids is 3. The van der Waals surface area contributed by atoms with Gasteiger partial charge in [0.1, 0.15) is 6.04 Å². The summed E-state index contributed by atoms with van der Waals surface area (Å²) in [6.07, 6.45) is 5.14. The van der Waals surface area contributed by atoms with Gasteiger partial charge in [0.2, 0.25) is 17.7 Å². The van der Waals surface area contributed by atoms with Crippen LogP contribution in [0.4, 0.5) is 11.4 Å². The molecule has 0 aromatic heterocycles. The standard InChI is InChI=1S/C21H25N3O5/c1-12(2)10-18(23-20(26)15-6-4-5-7-16(15)21(23)27)19(25)22-17-11-14(24(28)29)9-8-13(17)3/h4-5,8-9,11-12,15-16,18H,6-7,10H2,1-3H3,(H,22,25). The quantitative estimate of drug-likeness (QED) is 0.342. The molecule has 0 radical (unpaired) electrons. The van der Waals surface area contributed by atoms with E-state index < -0.39 is 28.7 Å². The van der Waals surface area contributed by atoms with Crippen LogP contribution in [0.1, 0.15) is 38.7 Å². The van der Waals surface area contributed by atoms with Gasteiger partial charge < -0.3 is 5.32 Å². The molecule has 29 heavy (non-hydrogen) atoms. The van der Waals surface area contributed by atoms with Gasteiger partial charge in [0.25, 0.3) is 5.69 Å². The van der Waals surface area contributed by atoms with Crippen LogP contribution >= 0.6 is 0 Å². The molecule has 3 unspecified atom stereocenters. The van der Waals surface area contributed by atoms with Crippen molar-refractivity contribution < 1.29 is 19.3 Å². The topological polar surface area (TPSA) is 110 Å². The second-order valence-electron chi connectivity index (χ2n) is 8.09. The minimum Gasteiger partial charge on any atom is -0.324 e. The minimum atomic E-state index is -0.945. The first-order chi connectivity index (χ1) is 13.7. The molecule has 1 saturated heterocycles. The zero-order valence-electron chi connectivity index (χ0n) is 16.8. The third kappa shape index (κ3) is 4.06. The molecule has 1 heterocycles. The molecule has 1 fully saturated rings. The summed E-state index contributed by atoms with van der Waals surface area (Å²) in [6, 6.07) is 3.26. The molecule has 154 valence electrons. The third-order valence-corrected chi connectivity index (χ3v) is 5.54.